The quantitative estimate of drug-likeness (QED) is 0.761. The molecule has 2 N–H and O–H groups in total. The largest absolute Gasteiger partial charge is 0.497 e. The second kappa shape index (κ2) is 9.30. The Labute approximate surface area is 132 Å². The molecular weight excluding hydrogens is 280 g/mol. The Balaban J connectivity index is 1.53. The van der Waals surface area contributed by atoms with E-state index >= 15 is 0 Å². The Hall–Kier alpha value is -1.75. The molecule has 1 aromatic carbocycles. The van der Waals surface area contributed by atoms with E-state index in [1.807, 2.05) is 12.1 Å². The smallest absolute Gasteiger partial charge is 0.315 e. The number of nitrogens with one attached hydrogen (secondary N) is 2. The fraction of sp³-hybridized carbons (Fsp3) is 0.588. The van der Waals surface area contributed by atoms with Crippen molar-refractivity contribution in [3.8, 4) is 5.75 Å². The van der Waals surface area contributed by atoms with Crippen molar-refractivity contribution in [2.24, 2.45) is 0 Å². The summed E-state index contributed by atoms with van der Waals surface area (Å²) in [5, 5.41) is 5.92. The number of methoxy groups -OCH3 is 1. The highest BCUT2D eigenvalue weighted by Crippen LogP contribution is 2.13. The minimum Gasteiger partial charge on any atom is -0.497 e. The van der Waals surface area contributed by atoms with Gasteiger partial charge >= 0.3 is 6.03 Å². The molecule has 0 atom stereocenters. The van der Waals surface area contributed by atoms with Gasteiger partial charge in [0.25, 0.3) is 0 Å². The van der Waals surface area contributed by atoms with Crippen molar-refractivity contribution < 1.29 is 14.3 Å². The van der Waals surface area contributed by atoms with Crippen LogP contribution >= 0.6 is 0 Å². The van der Waals surface area contributed by atoms with Crippen molar-refractivity contribution >= 4 is 6.03 Å². The molecule has 5 heteroatoms. The first-order valence-electron chi connectivity index (χ1n) is 8.03. The molecule has 0 radical (unpaired) electrons. The Morgan fingerprint density at radius 2 is 1.95 bits per heavy atom. The summed E-state index contributed by atoms with van der Waals surface area (Å²) in [5.74, 6) is 0.884. The van der Waals surface area contributed by atoms with Crippen LogP contribution in [0.1, 0.15) is 31.2 Å². The maximum absolute atomic E-state index is 11.7. The number of aryl methyl sites for hydroxylation is 1. The van der Waals surface area contributed by atoms with Crippen LogP contribution in [0.5, 0.6) is 5.75 Å². The summed E-state index contributed by atoms with van der Waals surface area (Å²) >= 11 is 0. The molecule has 0 bridgehead atoms. The van der Waals surface area contributed by atoms with Crippen molar-refractivity contribution in [1.29, 1.82) is 0 Å². The van der Waals surface area contributed by atoms with Gasteiger partial charge in [0.1, 0.15) is 5.75 Å². The molecule has 22 heavy (non-hydrogen) atoms. The molecule has 2 amide bonds. The lowest BCUT2D eigenvalue weighted by Crippen LogP contribution is -2.44. The summed E-state index contributed by atoms with van der Waals surface area (Å²) in [7, 11) is 1.67. The lowest BCUT2D eigenvalue weighted by atomic mass is 10.1. The molecular formula is C17H26N2O3. The number of rotatable bonds is 7. The third-order valence-corrected chi connectivity index (χ3v) is 3.89. The molecule has 0 aliphatic carbocycles. The Kier molecular flexibility index (Phi) is 7.03. The SMILES string of the molecule is COc1ccc(CCCCNC(=O)NC2CCOCC2)cc1. The molecule has 1 aromatic rings. The van der Waals surface area contributed by atoms with Gasteiger partial charge in [-0.25, -0.2) is 4.79 Å². The van der Waals surface area contributed by atoms with Crippen LogP contribution in [0.2, 0.25) is 0 Å². The number of carbonyl (C=O) groups excluding carboxylic acids is 1. The molecule has 0 unspecified atom stereocenters. The second-order valence-electron chi connectivity index (χ2n) is 5.59. The van der Waals surface area contributed by atoms with Crippen molar-refractivity contribution in [2.45, 2.75) is 38.1 Å². The van der Waals surface area contributed by atoms with Gasteiger partial charge in [0.2, 0.25) is 0 Å². The predicted molar refractivity (Wildman–Crippen MR) is 86.3 cm³/mol. The third-order valence-electron chi connectivity index (χ3n) is 3.89. The van der Waals surface area contributed by atoms with E-state index in [1.54, 1.807) is 7.11 Å². The zero-order valence-electron chi connectivity index (χ0n) is 13.3. The molecule has 1 heterocycles. The van der Waals surface area contributed by atoms with E-state index in [-0.39, 0.29) is 12.1 Å². The zero-order chi connectivity index (χ0) is 15.6. The Bertz CT molecular complexity index is 442. The van der Waals surface area contributed by atoms with Crippen molar-refractivity contribution in [3.05, 3.63) is 29.8 Å². The average molecular weight is 306 g/mol. The molecule has 122 valence electrons. The summed E-state index contributed by atoms with van der Waals surface area (Å²) in [4.78, 5) is 11.7. The normalized spacial score (nSPS) is 15.3. The van der Waals surface area contributed by atoms with Gasteiger partial charge in [-0.05, 0) is 49.8 Å². The van der Waals surface area contributed by atoms with E-state index in [4.69, 9.17) is 9.47 Å². The van der Waals surface area contributed by atoms with Crippen LogP contribution < -0.4 is 15.4 Å². The highest BCUT2D eigenvalue weighted by molar-refractivity contribution is 5.74. The molecule has 1 saturated heterocycles. The summed E-state index contributed by atoms with van der Waals surface area (Å²) in [6.45, 7) is 2.20. The molecule has 5 nitrogen and oxygen atoms in total. The lowest BCUT2D eigenvalue weighted by molar-refractivity contribution is 0.0801. The van der Waals surface area contributed by atoms with Crippen LogP contribution in [0.15, 0.2) is 24.3 Å². The van der Waals surface area contributed by atoms with Crippen LogP contribution in [0.4, 0.5) is 4.79 Å². The van der Waals surface area contributed by atoms with Crippen LogP contribution in [-0.2, 0) is 11.2 Å². The maximum atomic E-state index is 11.7. The summed E-state index contributed by atoms with van der Waals surface area (Å²) in [6, 6.07) is 8.34. The van der Waals surface area contributed by atoms with E-state index in [1.165, 1.54) is 5.56 Å². The molecule has 1 aliphatic heterocycles. The average Bonchev–Trinajstić information content (AvgIpc) is 2.56. The fourth-order valence-electron chi connectivity index (χ4n) is 2.53. The van der Waals surface area contributed by atoms with Crippen molar-refractivity contribution in [3.63, 3.8) is 0 Å². The monoisotopic (exact) mass is 306 g/mol. The number of hydrogen-bond donors (Lipinski definition) is 2. The first-order chi connectivity index (χ1) is 10.8. The van der Waals surface area contributed by atoms with E-state index < -0.39 is 0 Å². The van der Waals surface area contributed by atoms with Gasteiger partial charge in [-0.2, -0.15) is 0 Å². The number of unbranched alkanes of at least 4 members (excludes halogenated alkanes) is 1. The fourth-order valence-corrected chi connectivity index (χ4v) is 2.53. The minimum atomic E-state index is -0.0589. The summed E-state index contributed by atoms with van der Waals surface area (Å²) in [5.41, 5.74) is 1.30. The summed E-state index contributed by atoms with van der Waals surface area (Å²) < 4.78 is 10.4. The van der Waals surface area contributed by atoms with Gasteiger partial charge in [0.05, 0.1) is 7.11 Å². The first kappa shape index (κ1) is 16.6. The molecule has 1 aliphatic rings. The lowest BCUT2D eigenvalue weighted by Gasteiger charge is -2.23. The molecule has 0 saturated carbocycles. The van der Waals surface area contributed by atoms with Crippen LogP contribution in [-0.4, -0.2) is 38.9 Å². The standard InChI is InChI=1S/C17H26N2O3/c1-21-16-7-5-14(6-8-16)4-2-3-11-18-17(20)19-15-9-12-22-13-10-15/h5-8,15H,2-4,9-13H2,1H3,(H2,18,19,20). The molecule has 1 fully saturated rings. The molecule has 2 rings (SSSR count). The highest BCUT2D eigenvalue weighted by Gasteiger charge is 2.15. The number of ether oxygens (including phenoxy) is 2. The van der Waals surface area contributed by atoms with Gasteiger partial charge in [-0.1, -0.05) is 12.1 Å². The van der Waals surface area contributed by atoms with Crippen LogP contribution in [0, 0.1) is 0 Å². The minimum absolute atomic E-state index is 0.0589. The summed E-state index contributed by atoms with van der Waals surface area (Å²) in [6.07, 6.45) is 4.88. The maximum Gasteiger partial charge on any atom is 0.315 e. The Morgan fingerprint density at radius 3 is 2.64 bits per heavy atom. The van der Waals surface area contributed by atoms with Gasteiger partial charge in [-0.3, -0.25) is 0 Å². The second-order valence-corrected chi connectivity index (χ2v) is 5.59. The number of carbonyl (C=O) groups is 1. The van der Waals surface area contributed by atoms with Crippen molar-refractivity contribution in [1.82, 2.24) is 10.6 Å². The van der Waals surface area contributed by atoms with E-state index in [2.05, 4.69) is 22.8 Å². The first-order valence-corrected chi connectivity index (χ1v) is 8.03. The number of hydrogen-bond acceptors (Lipinski definition) is 3. The van der Waals surface area contributed by atoms with Crippen molar-refractivity contribution in [2.75, 3.05) is 26.9 Å². The number of benzene rings is 1. The Morgan fingerprint density at radius 1 is 1.23 bits per heavy atom. The van der Waals surface area contributed by atoms with Crippen LogP contribution in [0.25, 0.3) is 0 Å². The van der Waals surface area contributed by atoms with E-state index in [9.17, 15) is 4.79 Å². The third kappa shape index (κ3) is 5.93. The van der Waals surface area contributed by atoms with Gasteiger partial charge < -0.3 is 20.1 Å². The highest BCUT2D eigenvalue weighted by atomic mass is 16.5. The van der Waals surface area contributed by atoms with E-state index in [0.717, 1.165) is 51.1 Å². The van der Waals surface area contributed by atoms with E-state index in [0.29, 0.717) is 6.54 Å². The number of amides is 2. The zero-order valence-corrected chi connectivity index (χ0v) is 13.3. The topological polar surface area (TPSA) is 59.6 Å². The van der Waals surface area contributed by atoms with Crippen LogP contribution in [0.3, 0.4) is 0 Å². The van der Waals surface area contributed by atoms with Gasteiger partial charge in [0.15, 0.2) is 0 Å². The van der Waals surface area contributed by atoms with Gasteiger partial charge in [-0.15, -0.1) is 0 Å². The molecule has 0 aromatic heterocycles. The molecule has 0 spiro atoms. The predicted octanol–water partition coefficient (Wildman–Crippen LogP) is 2.50. The van der Waals surface area contributed by atoms with Gasteiger partial charge in [0, 0.05) is 25.8 Å². The number of urea groups is 1.